The molecule has 2 atom stereocenters. The largest absolute Gasteiger partial charge is 0.481 e. The van der Waals surface area contributed by atoms with E-state index in [4.69, 9.17) is 0 Å². The first-order valence-electron chi connectivity index (χ1n) is 8.34. The molecule has 0 amide bonds. The van der Waals surface area contributed by atoms with Crippen LogP contribution < -0.4 is 0 Å². The summed E-state index contributed by atoms with van der Waals surface area (Å²) < 4.78 is 25.6. The first-order chi connectivity index (χ1) is 10.4. The maximum absolute atomic E-state index is 12.1. The summed E-state index contributed by atoms with van der Waals surface area (Å²) in [7, 11) is -3.30. The summed E-state index contributed by atoms with van der Waals surface area (Å²) in [5.74, 6) is -0.861. The zero-order chi connectivity index (χ0) is 16.0. The van der Waals surface area contributed by atoms with Crippen LogP contribution in [0, 0.1) is 11.3 Å². The molecule has 2 aliphatic heterocycles. The van der Waals surface area contributed by atoms with E-state index in [0.717, 1.165) is 19.4 Å². The summed E-state index contributed by atoms with van der Waals surface area (Å²) in [5.41, 5.74) is -0.903. The number of sulfonamides is 1. The predicted octanol–water partition coefficient (Wildman–Crippen LogP) is 0.987. The van der Waals surface area contributed by atoms with Crippen LogP contribution in [0.3, 0.4) is 0 Å². The molecule has 0 spiro atoms. The smallest absolute Gasteiger partial charge is 0.312 e. The average molecular weight is 330 g/mol. The van der Waals surface area contributed by atoms with Crippen LogP contribution in [-0.4, -0.2) is 66.7 Å². The Hall–Kier alpha value is -0.660. The second-order valence-electron chi connectivity index (χ2n) is 7.07. The molecule has 0 aromatic carbocycles. The van der Waals surface area contributed by atoms with Crippen molar-refractivity contribution in [1.82, 2.24) is 9.21 Å². The summed E-state index contributed by atoms with van der Waals surface area (Å²) in [6.07, 6.45) is 6.03. The van der Waals surface area contributed by atoms with Gasteiger partial charge in [-0.2, -0.15) is 0 Å². The number of aliphatic carboxylic acids is 1. The second-order valence-corrected chi connectivity index (χ2v) is 9.33. The summed E-state index contributed by atoms with van der Waals surface area (Å²) >= 11 is 0. The van der Waals surface area contributed by atoms with Crippen molar-refractivity contribution >= 4 is 16.0 Å². The fourth-order valence-corrected chi connectivity index (χ4v) is 5.68. The van der Waals surface area contributed by atoms with Crippen LogP contribution in [-0.2, 0) is 14.8 Å². The zero-order valence-electron chi connectivity index (χ0n) is 13.2. The first-order valence-corrected chi connectivity index (χ1v) is 9.95. The van der Waals surface area contributed by atoms with Crippen LogP contribution in [0.4, 0.5) is 0 Å². The van der Waals surface area contributed by atoms with Crippen molar-refractivity contribution in [3.63, 3.8) is 0 Å². The number of carboxylic acids is 1. The van der Waals surface area contributed by atoms with Crippen LogP contribution >= 0.6 is 0 Å². The molecule has 3 aliphatic rings. The van der Waals surface area contributed by atoms with Gasteiger partial charge in [0, 0.05) is 38.1 Å². The highest BCUT2D eigenvalue weighted by Gasteiger charge is 2.60. The van der Waals surface area contributed by atoms with Crippen LogP contribution in [0.5, 0.6) is 0 Å². The lowest BCUT2D eigenvalue weighted by molar-refractivity contribution is -0.148. The van der Waals surface area contributed by atoms with E-state index in [1.54, 1.807) is 6.92 Å². The predicted molar refractivity (Wildman–Crippen MR) is 83.0 cm³/mol. The number of fused-ring (bicyclic) bond motifs is 1. The van der Waals surface area contributed by atoms with Crippen molar-refractivity contribution in [2.24, 2.45) is 11.3 Å². The van der Waals surface area contributed by atoms with Crippen molar-refractivity contribution in [3.05, 3.63) is 0 Å². The minimum absolute atomic E-state index is 0.0434. The minimum atomic E-state index is -3.30. The van der Waals surface area contributed by atoms with Crippen LogP contribution in [0.1, 0.15) is 39.0 Å². The Morgan fingerprint density at radius 2 is 1.86 bits per heavy atom. The highest BCUT2D eigenvalue weighted by molar-refractivity contribution is 7.89. The molecule has 2 saturated heterocycles. The third-order valence-corrected chi connectivity index (χ3v) is 7.67. The third-order valence-electron chi connectivity index (χ3n) is 5.88. The normalized spacial score (nSPS) is 34.9. The molecule has 0 bridgehead atoms. The lowest BCUT2D eigenvalue weighted by Gasteiger charge is -2.33. The number of hydrogen-bond acceptors (Lipinski definition) is 4. The molecule has 0 aromatic rings. The van der Waals surface area contributed by atoms with E-state index in [9.17, 15) is 18.3 Å². The number of rotatable bonds is 4. The molecule has 126 valence electrons. The van der Waals surface area contributed by atoms with Gasteiger partial charge in [-0.15, -0.1) is 0 Å². The lowest BCUT2D eigenvalue weighted by atomic mass is 9.81. The second kappa shape index (κ2) is 5.76. The van der Waals surface area contributed by atoms with Crippen LogP contribution in [0.15, 0.2) is 0 Å². The van der Waals surface area contributed by atoms with Gasteiger partial charge in [0.15, 0.2) is 0 Å². The van der Waals surface area contributed by atoms with E-state index < -0.39 is 21.4 Å². The summed E-state index contributed by atoms with van der Waals surface area (Å²) in [4.78, 5) is 14.3. The van der Waals surface area contributed by atoms with Crippen molar-refractivity contribution in [2.45, 2.75) is 45.1 Å². The molecule has 0 unspecified atom stereocenters. The molecular formula is C15H26N2O4S. The Balaban J connectivity index is 1.78. The monoisotopic (exact) mass is 330 g/mol. The number of hydrogen-bond donors (Lipinski definition) is 1. The van der Waals surface area contributed by atoms with Gasteiger partial charge in [0.1, 0.15) is 0 Å². The Morgan fingerprint density at radius 3 is 2.41 bits per heavy atom. The van der Waals surface area contributed by atoms with Gasteiger partial charge in [-0.25, -0.2) is 12.7 Å². The van der Waals surface area contributed by atoms with Gasteiger partial charge in [-0.05, 0) is 19.8 Å². The summed E-state index contributed by atoms with van der Waals surface area (Å²) in [5, 5.41) is 9.80. The number of carboxylic acid groups (broad SMARTS) is 1. The molecular weight excluding hydrogens is 304 g/mol. The van der Waals surface area contributed by atoms with Crippen molar-refractivity contribution in [3.8, 4) is 0 Å². The van der Waals surface area contributed by atoms with E-state index in [2.05, 4.69) is 4.90 Å². The van der Waals surface area contributed by atoms with Gasteiger partial charge < -0.3 is 5.11 Å². The van der Waals surface area contributed by atoms with Gasteiger partial charge in [-0.1, -0.05) is 19.3 Å². The van der Waals surface area contributed by atoms with Crippen molar-refractivity contribution < 1.29 is 18.3 Å². The van der Waals surface area contributed by atoms with Gasteiger partial charge in [0.2, 0.25) is 10.0 Å². The van der Waals surface area contributed by atoms with E-state index in [1.807, 2.05) is 0 Å². The van der Waals surface area contributed by atoms with Crippen molar-refractivity contribution in [1.29, 1.82) is 0 Å². The summed E-state index contributed by atoms with van der Waals surface area (Å²) in [6.45, 7) is 3.36. The molecule has 6 nitrogen and oxygen atoms in total. The SMILES string of the molecule is CCS(=O)(=O)N1C[C@@H]2CN(C3CCCCC3)C[C@]2(C(=O)O)C1. The molecule has 2 heterocycles. The van der Waals surface area contributed by atoms with Gasteiger partial charge in [0.05, 0.1) is 11.2 Å². The van der Waals surface area contributed by atoms with E-state index in [1.165, 1.54) is 23.6 Å². The maximum atomic E-state index is 12.1. The Labute approximate surface area is 132 Å². The fraction of sp³-hybridized carbons (Fsp3) is 0.933. The molecule has 1 saturated carbocycles. The fourth-order valence-electron chi connectivity index (χ4n) is 4.48. The standard InChI is InChI=1S/C15H26N2O4S/c1-2-22(20,21)17-9-12-8-16(13-6-4-3-5-7-13)10-15(12,11-17)14(18)19/h12-13H,2-11H2,1H3,(H,18,19)/t12-,15-/m0/s1. The molecule has 1 aliphatic carbocycles. The molecule has 3 fully saturated rings. The molecule has 22 heavy (non-hydrogen) atoms. The molecule has 0 radical (unpaired) electrons. The topological polar surface area (TPSA) is 77.9 Å². The molecule has 3 rings (SSSR count). The van der Waals surface area contributed by atoms with Gasteiger partial charge >= 0.3 is 5.97 Å². The van der Waals surface area contributed by atoms with E-state index >= 15 is 0 Å². The van der Waals surface area contributed by atoms with Crippen molar-refractivity contribution in [2.75, 3.05) is 31.9 Å². The third kappa shape index (κ3) is 2.57. The zero-order valence-corrected chi connectivity index (χ0v) is 14.0. The van der Waals surface area contributed by atoms with Crippen LogP contribution in [0.2, 0.25) is 0 Å². The number of nitrogens with zero attached hydrogens (tertiary/aromatic N) is 2. The lowest BCUT2D eigenvalue weighted by Crippen LogP contribution is -2.44. The molecule has 1 N–H and O–H groups in total. The Kier molecular flexibility index (Phi) is 4.24. The quantitative estimate of drug-likeness (QED) is 0.831. The highest BCUT2D eigenvalue weighted by Crippen LogP contribution is 2.45. The molecule has 0 aromatic heterocycles. The number of likely N-dealkylation sites (tertiary alicyclic amines) is 1. The maximum Gasteiger partial charge on any atom is 0.312 e. The Morgan fingerprint density at radius 1 is 1.18 bits per heavy atom. The van der Waals surface area contributed by atoms with Gasteiger partial charge in [-0.3, -0.25) is 9.69 Å². The Bertz CT molecular complexity index is 544. The summed E-state index contributed by atoms with van der Waals surface area (Å²) in [6, 6.07) is 0.492. The highest BCUT2D eigenvalue weighted by atomic mass is 32.2. The first kappa shape index (κ1) is 16.2. The van der Waals surface area contributed by atoms with E-state index in [-0.39, 0.29) is 18.2 Å². The van der Waals surface area contributed by atoms with Gasteiger partial charge in [0.25, 0.3) is 0 Å². The minimum Gasteiger partial charge on any atom is -0.481 e. The van der Waals surface area contributed by atoms with E-state index in [0.29, 0.717) is 19.1 Å². The molecule has 7 heteroatoms. The number of carbonyl (C=O) groups is 1. The van der Waals surface area contributed by atoms with Crippen LogP contribution in [0.25, 0.3) is 0 Å². The average Bonchev–Trinajstić information content (AvgIpc) is 3.03.